The SMILES string of the molecule is Cc1cc(C(C)(C)C)c(O)cc1CC(=O)OCC(OC(=O)Cc1cc(O)c(C(C)(C)C)cc1C)(OC(=O)Cc1cc(O)c(C(C)(C)C)cc1C)n1c(=O)[nH]c(=O)[nH]c1=O. The Morgan fingerprint density at radius 1 is 0.542 bits per heavy atom. The van der Waals surface area contributed by atoms with Crippen LogP contribution in [0.15, 0.2) is 50.8 Å². The van der Waals surface area contributed by atoms with Crippen molar-refractivity contribution in [1.82, 2.24) is 14.5 Å². The van der Waals surface area contributed by atoms with Crippen molar-refractivity contribution in [2.45, 2.75) is 125 Å². The number of H-pyrrole nitrogens is 2. The first kappa shape index (κ1) is 45.6. The fraction of sp³-hybridized carbons (Fsp3) is 0.455. The van der Waals surface area contributed by atoms with Crippen LogP contribution in [0, 0.1) is 20.8 Å². The molecular weight excluding hydrogens is 762 g/mol. The molecule has 0 aliphatic rings. The molecule has 0 amide bonds. The van der Waals surface area contributed by atoms with Crippen LogP contribution in [0.4, 0.5) is 0 Å². The van der Waals surface area contributed by atoms with Crippen LogP contribution in [0.25, 0.3) is 0 Å². The maximum Gasteiger partial charge on any atom is 0.390 e. The molecule has 318 valence electrons. The summed E-state index contributed by atoms with van der Waals surface area (Å²) in [5, 5.41) is 32.5. The quantitative estimate of drug-likeness (QED) is 0.0981. The highest BCUT2D eigenvalue weighted by Crippen LogP contribution is 2.36. The molecule has 0 unspecified atom stereocenters. The van der Waals surface area contributed by atoms with E-state index < -0.39 is 83.0 Å². The first-order chi connectivity index (χ1) is 27.0. The number of aryl methyl sites for hydroxylation is 3. The highest BCUT2D eigenvalue weighted by Gasteiger charge is 2.46. The van der Waals surface area contributed by atoms with Crippen LogP contribution >= 0.6 is 0 Å². The lowest BCUT2D eigenvalue weighted by molar-refractivity contribution is -0.286. The Morgan fingerprint density at radius 2 is 0.847 bits per heavy atom. The van der Waals surface area contributed by atoms with Crippen molar-refractivity contribution in [3.63, 3.8) is 0 Å². The number of carbonyl (C=O) groups excluding carboxylic acids is 3. The number of carbonyl (C=O) groups is 3. The minimum Gasteiger partial charge on any atom is -0.508 e. The van der Waals surface area contributed by atoms with E-state index in [1.807, 2.05) is 72.3 Å². The zero-order valence-corrected chi connectivity index (χ0v) is 35.8. The lowest BCUT2D eigenvalue weighted by atomic mass is 9.84. The number of phenolic OH excluding ortho intramolecular Hbond substituents is 3. The van der Waals surface area contributed by atoms with Gasteiger partial charge in [-0.2, -0.15) is 4.57 Å². The van der Waals surface area contributed by atoms with Gasteiger partial charge < -0.3 is 29.5 Å². The predicted molar refractivity (Wildman–Crippen MR) is 219 cm³/mol. The molecule has 0 fully saturated rings. The summed E-state index contributed by atoms with van der Waals surface area (Å²) in [6.07, 6.45) is -1.63. The van der Waals surface area contributed by atoms with E-state index in [0.29, 0.717) is 38.9 Å². The number of nitrogens with one attached hydrogen (secondary N) is 2. The number of aromatic hydroxyl groups is 3. The lowest BCUT2D eigenvalue weighted by Crippen LogP contribution is -2.59. The molecule has 3 aromatic carbocycles. The molecule has 15 heteroatoms. The molecule has 0 saturated carbocycles. The van der Waals surface area contributed by atoms with E-state index in [2.05, 4.69) is 0 Å². The Morgan fingerprint density at radius 3 is 1.15 bits per heavy atom. The second-order valence-electron chi connectivity index (χ2n) is 18.0. The second-order valence-corrected chi connectivity index (χ2v) is 18.0. The number of rotatable bonds is 11. The molecule has 4 rings (SSSR count). The van der Waals surface area contributed by atoms with Crippen LogP contribution in [-0.4, -0.2) is 54.4 Å². The van der Waals surface area contributed by atoms with Crippen LogP contribution < -0.4 is 17.1 Å². The fourth-order valence-corrected chi connectivity index (χ4v) is 6.68. The summed E-state index contributed by atoms with van der Waals surface area (Å²) in [5.74, 6) is -6.84. The molecular formula is C44H55N3O12. The zero-order chi connectivity index (χ0) is 44.6. The summed E-state index contributed by atoms with van der Waals surface area (Å²) < 4.78 is 17.1. The average molecular weight is 818 g/mol. The number of hydrogen-bond acceptors (Lipinski definition) is 12. The first-order valence-electron chi connectivity index (χ1n) is 19.1. The van der Waals surface area contributed by atoms with E-state index in [9.17, 15) is 44.1 Å². The summed E-state index contributed by atoms with van der Waals surface area (Å²) in [6, 6.07) is 9.26. The van der Waals surface area contributed by atoms with Gasteiger partial charge in [-0.25, -0.2) is 14.4 Å². The molecule has 0 bridgehead atoms. The van der Waals surface area contributed by atoms with Gasteiger partial charge in [0.15, 0.2) is 6.61 Å². The number of ether oxygens (including phenoxy) is 3. The minimum atomic E-state index is -3.16. The third-order valence-corrected chi connectivity index (χ3v) is 9.94. The molecule has 4 aromatic rings. The summed E-state index contributed by atoms with van der Waals surface area (Å²) in [4.78, 5) is 84.2. The van der Waals surface area contributed by atoms with E-state index in [1.165, 1.54) is 18.2 Å². The maximum atomic E-state index is 13.9. The third kappa shape index (κ3) is 10.7. The molecule has 0 aliphatic carbocycles. The highest BCUT2D eigenvalue weighted by atomic mass is 16.8. The molecule has 15 nitrogen and oxygen atoms in total. The van der Waals surface area contributed by atoms with Gasteiger partial charge in [-0.05, 0) is 105 Å². The number of benzene rings is 3. The van der Waals surface area contributed by atoms with E-state index >= 15 is 0 Å². The summed E-state index contributed by atoms with van der Waals surface area (Å²) in [7, 11) is 0. The topological polar surface area (TPSA) is 227 Å². The van der Waals surface area contributed by atoms with Crippen LogP contribution in [0.5, 0.6) is 17.2 Å². The number of aromatic amines is 2. The molecule has 5 N–H and O–H groups in total. The van der Waals surface area contributed by atoms with E-state index in [4.69, 9.17) is 14.2 Å². The normalized spacial score (nSPS) is 12.3. The number of esters is 3. The van der Waals surface area contributed by atoms with Crippen molar-refractivity contribution in [2.24, 2.45) is 0 Å². The zero-order valence-electron chi connectivity index (χ0n) is 35.8. The molecule has 0 saturated heterocycles. The molecule has 0 atom stereocenters. The van der Waals surface area contributed by atoms with Crippen molar-refractivity contribution < 1.29 is 43.9 Å². The predicted octanol–water partition coefficient (Wildman–Crippen LogP) is 5.13. The number of aromatic nitrogens is 3. The Hall–Kier alpha value is -6.12. The van der Waals surface area contributed by atoms with Gasteiger partial charge >= 0.3 is 40.9 Å². The Bertz CT molecular complexity index is 2350. The van der Waals surface area contributed by atoms with Gasteiger partial charge in [0.25, 0.3) is 0 Å². The van der Waals surface area contributed by atoms with Crippen molar-refractivity contribution in [3.05, 3.63) is 118 Å². The van der Waals surface area contributed by atoms with Crippen molar-refractivity contribution >= 4 is 17.9 Å². The van der Waals surface area contributed by atoms with E-state index in [0.717, 1.165) is 0 Å². The third-order valence-electron chi connectivity index (χ3n) is 9.94. The van der Waals surface area contributed by atoms with Crippen molar-refractivity contribution in [1.29, 1.82) is 0 Å². The molecule has 1 heterocycles. The molecule has 0 spiro atoms. The van der Waals surface area contributed by atoms with Crippen molar-refractivity contribution in [2.75, 3.05) is 6.61 Å². The van der Waals surface area contributed by atoms with Gasteiger partial charge in [0.1, 0.15) is 17.2 Å². The van der Waals surface area contributed by atoms with Crippen LogP contribution in [0.3, 0.4) is 0 Å². The molecule has 1 aromatic heterocycles. The molecule has 59 heavy (non-hydrogen) atoms. The van der Waals surface area contributed by atoms with Crippen molar-refractivity contribution in [3.8, 4) is 17.2 Å². The maximum absolute atomic E-state index is 13.9. The van der Waals surface area contributed by atoms with Crippen LogP contribution in [0.2, 0.25) is 0 Å². The van der Waals surface area contributed by atoms with Gasteiger partial charge in [0.2, 0.25) is 0 Å². The monoisotopic (exact) mass is 817 g/mol. The molecule has 0 aliphatic heterocycles. The second kappa shape index (κ2) is 16.6. The minimum absolute atomic E-state index is 0.0665. The standard InChI is InChI=1S/C44H55N3O12/c1-23-13-29(41(4,5)6)32(48)16-26(23)19-35(51)57-22-44(47-39(55)45-38(54)46-40(47)56,58-36(52)20-27-17-33(49)30(14-24(27)2)42(7,8)9)59-37(53)21-28-18-34(50)31(15-25(28)3)43(10,11)12/h13-18,48-50H,19-22H2,1-12H3,(H2,45,46,54,55,56). The number of hydrogen-bond donors (Lipinski definition) is 5. The van der Waals surface area contributed by atoms with Crippen LogP contribution in [-0.2, 0) is 70.0 Å². The van der Waals surface area contributed by atoms with E-state index in [-0.39, 0.29) is 32.9 Å². The Labute approximate surface area is 342 Å². The average Bonchev–Trinajstić information content (AvgIpc) is 3.06. The number of phenols is 3. The summed E-state index contributed by atoms with van der Waals surface area (Å²) >= 11 is 0. The van der Waals surface area contributed by atoms with Gasteiger partial charge in [0.05, 0.1) is 19.3 Å². The van der Waals surface area contributed by atoms with Gasteiger partial charge in [-0.1, -0.05) is 80.5 Å². The Kier molecular flexibility index (Phi) is 12.8. The summed E-state index contributed by atoms with van der Waals surface area (Å²) in [6.45, 7) is 21.0. The molecule has 0 radical (unpaired) electrons. The smallest absolute Gasteiger partial charge is 0.390 e. The van der Waals surface area contributed by atoms with Gasteiger partial charge in [-0.3, -0.25) is 24.4 Å². The van der Waals surface area contributed by atoms with Crippen LogP contribution in [0.1, 0.15) is 112 Å². The highest BCUT2D eigenvalue weighted by molar-refractivity contribution is 5.77. The summed E-state index contributed by atoms with van der Waals surface area (Å²) in [5.41, 5.74) is -1.01. The number of nitrogens with zero attached hydrogens (tertiary/aromatic N) is 1. The fourth-order valence-electron chi connectivity index (χ4n) is 6.68. The van der Waals surface area contributed by atoms with Gasteiger partial charge in [0, 0.05) is 0 Å². The van der Waals surface area contributed by atoms with E-state index in [1.54, 1.807) is 39.0 Å². The lowest BCUT2D eigenvalue weighted by Gasteiger charge is -2.32. The Balaban J connectivity index is 1.82. The largest absolute Gasteiger partial charge is 0.508 e. The first-order valence-corrected chi connectivity index (χ1v) is 19.1. The van der Waals surface area contributed by atoms with Gasteiger partial charge in [-0.15, -0.1) is 0 Å².